The standard InChI is InChI=1S/C17H10Cl2F3NO2/c18-12-5-11(6-13(19)7-12)14(17(20,21)22)8-15(24)9-1-3-10(4-2-9)16(23)25/h1-8H,(H2,23,25)/b14-8+. The Morgan fingerprint density at radius 1 is 0.880 bits per heavy atom. The largest absolute Gasteiger partial charge is 0.417 e. The maximum atomic E-state index is 13.3. The van der Waals surface area contributed by atoms with Crippen LogP contribution in [-0.2, 0) is 0 Å². The van der Waals surface area contributed by atoms with E-state index in [1.807, 2.05) is 0 Å². The van der Waals surface area contributed by atoms with E-state index >= 15 is 0 Å². The van der Waals surface area contributed by atoms with Crippen molar-refractivity contribution in [2.75, 3.05) is 0 Å². The second-order valence-electron chi connectivity index (χ2n) is 5.02. The number of halogens is 5. The number of ketones is 1. The molecule has 0 fully saturated rings. The molecule has 2 rings (SSSR count). The molecule has 2 N–H and O–H groups in total. The van der Waals surface area contributed by atoms with Crippen LogP contribution in [0.15, 0.2) is 48.5 Å². The molecule has 0 saturated carbocycles. The van der Waals surface area contributed by atoms with Crippen LogP contribution in [0.2, 0.25) is 10.0 Å². The van der Waals surface area contributed by atoms with Gasteiger partial charge in [0.15, 0.2) is 5.78 Å². The molecule has 0 heterocycles. The minimum absolute atomic E-state index is 0.0101. The SMILES string of the molecule is NC(=O)c1ccc(C(=O)/C=C(\c2cc(Cl)cc(Cl)c2)C(F)(F)F)cc1. The number of alkyl halides is 3. The van der Waals surface area contributed by atoms with Gasteiger partial charge < -0.3 is 5.73 Å². The fourth-order valence-electron chi connectivity index (χ4n) is 2.05. The van der Waals surface area contributed by atoms with Gasteiger partial charge in [-0.05, 0) is 42.0 Å². The molecule has 2 aromatic carbocycles. The fraction of sp³-hybridized carbons (Fsp3) is 0.0588. The summed E-state index contributed by atoms with van der Waals surface area (Å²) in [4.78, 5) is 23.2. The first-order valence-electron chi connectivity index (χ1n) is 6.77. The molecule has 2 aromatic rings. The van der Waals surface area contributed by atoms with Gasteiger partial charge in [0.1, 0.15) is 0 Å². The second-order valence-corrected chi connectivity index (χ2v) is 5.89. The quantitative estimate of drug-likeness (QED) is 0.597. The molecule has 0 aromatic heterocycles. The highest BCUT2D eigenvalue weighted by molar-refractivity contribution is 6.35. The van der Waals surface area contributed by atoms with E-state index in [4.69, 9.17) is 28.9 Å². The normalized spacial score (nSPS) is 12.1. The number of rotatable bonds is 4. The van der Waals surface area contributed by atoms with Gasteiger partial charge in [-0.2, -0.15) is 13.2 Å². The van der Waals surface area contributed by atoms with Gasteiger partial charge in [-0.3, -0.25) is 9.59 Å². The molecular formula is C17H10Cl2F3NO2. The molecule has 130 valence electrons. The molecule has 0 aliphatic heterocycles. The van der Waals surface area contributed by atoms with Crippen molar-refractivity contribution in [3.8, 4) is 0 Å². The van der Waals surface area contributed by atoms with E-state index in [0.717, 1.165) is 12.1 Å². The van der Waals surface area contributed by atoms with Crippen molar-refractivity contribution in [1.82, 2.24) is 0 Å². The molecule has 25 heavy (non-hydrogen) atoms. The molecule has 0 spiro atoms. The van der Waals surface area contributed by atoms with Gasteiger partial charge in [0.25, 0.3) is 0 Å². The Kier molecular flexibility index (Phi) is 5.55. The second kappa shape index (κ2) is 7.29. The third-order valence-corrected chi connectivity index (χ3v) is 3.64. The summed E-state index contributed by atoms with van der Waals surface area (Å²) in [6, 6.07) is 8.37. The minimum Gasteiger partial charge on any atom is -0.366 e. The zero-order valence-corrected chi connectivity index (χ0v) is 13.9. The lowest BCUT2D eigenvalue weighted by molar-refractivity contribution is -0.0689. The summed E-state index contributed by atoms with van der Waals surface area (Å²) < 4.78 is 40.0. The van der Waals surface area contributed by atoms with Crippen molar-refractivity contribution in [1.29, 1.82) is 0 Å². The topological polar surface area (TPSA) is 60.2 Å². The van der Waals surface area contributed by atoms with Gasteiger partial charge in [-0.1, -0.05) is 35.3 Å². The molecule has 0 bridgehead atoms. The van der Waals surface area contributed by atoms with Crippen molar-refractivity contribution in [3.05, 3.63) is 75.3 Å². The average Bonchev–Trinajstić information content (AvgIpc) is 2.50. The minimum atomic E-state index is -4.79. The van der Waals surface area contributed by atoms with Crippen LogP contribution in [-0.4, -0.2) is 17.9 Å². The Bertz CT molecular complexity index is 839. The highest BCUT2D eigenvalue weighted by atomic mass is 35.5. The Morgan fingerprint density at radius 2 is 1.36 bits per heavy atom. The summed E-state index contributed by atoms with van der Waals surface area (Å²) in [6.45, 7) is 0. The molecule has 0 saturated heterocycles. The van der Waals surface area contributed by atoms with Crippen molar-refractivity contribution in [2.45, 2.75) is 6.18 Å². The number of amides is 1. The highest BCUT2D eigenvalue weighted by Crippen LogP contribution is 2.36. The molecule has 0 aliphatic rings. The van der Waals surface area contributed by atoms with Crippen LogP contribution in [0, 0.1) is 0 Å². The average molecular weight is 388 g/mol. The Morgan fingerprint density at radius 3 is 1.80 bits per heavy atom. The maximum absolute atomic E-state index is 13.3. The fourth-order valence-corrected chi connectivity index (χ4v) is 2.58. The van der Waals surface area contributed by atoms with Crippen LogP contribution < -0.4 is 5.73 Å². The van der Waals surface area contributed by atoms with Crippen molar-refractivity contribution >= 4 is 40.5 Å². The van der Waals surface area contributed by atoms with Gasteiger partial charge in [-0.25, -0.2) is 0 Å². The molecule has 1 amide bonds. The lowest BCUT2D eigenvalue weighted by Gasteiger charge is -2.13. The number of nitrogens with two attached hydrogens (primary N) is 1. The third-order valence-electron chi connectivity index (χ3n) is 3.21. The molecular weight excluding hydrogens is 378 g/mol. The van der Waals surface area contributed by atoms with E-state index in [9.17, 15) is 22.8 Å². The van der Waals surface area contributed by atoms with Crippen LogP contribution in [0.25, 0.3) is 5.57 Å². The molecule has 0 aliphatic carbocycles. The van der Waals surface area contributed by atoms with Crippen LogP contribution in [0.1, 0.15) is 26.3 Å². The zero-order valence-electron chi connectivity index (χ0n) is 12.4. The summed E-state index contributed by atoms with van der Waals surface area (Å²) in [5.41, 5.74) is 3.68. The van der Waals surface area contributed by atoms with Crippen LogP contribution in [0.3, 0.4) is 0 Å². The van der Waals surface area contributed by atoms with Crippen molar-refractivity contribution < 1.29 is 22.8 Å². The Balaban J connectivity index is 2.47. The number of hydrogen-bond donors (Lipinski definition) is 1. The van der Waals surface area contributed by atoms with Crippen molar-refractivity contribution in [3.63, 3.8) is 0 Å². The van der Waals surface area contributed by atoms with E-state index in [2.05, 4.69) is 0 Å². The van der Waals surface area contributed by atoms with Crippen LogP contribution in [0.4, 0.5) is 13.2 Å². The van der Waals surface area contributed by atoms with Gasteiger partial charge in [-0.15, -0.1) is 0 Å². The number of benzene rings is 2. The number of primary amides is 1. The van der Waals surface area contributed by atoms with Crippen LogP contribution in [0.5, 0.6) is 0 Å². The Hall–Kier alpha value is -2.31. The lowest BCUT2D eigenvalue weighted by atomic mass is 10.0. The van der Waals surface area contributed by atoms with E-state index in [-0.39, 0.29) is 26.7 Å². The predicted octanol–water partition coefficient (Wildman–Crippen LogP) is 4.92. The number of carbonyl (C=O) groups is 2. The van der Waals surface area contributed by atoms with E-state index in [0.29, 0.717) is 6.08 Å². The monoisotopic (exact) mass is 387 g/mol. The molecule has 0 radical (unpaired) electrons. The summed E-state index contributed by atoms with van der Waals surface area (Å²) in [5, 5.41) is 0.0202. The number of carbonyl (C=O) groups excluding carboxylic acids is 2. The zero-order chi connectivity index (χ0) is 18.8. The number of hydrogen-bond acceptors (Lipinski definition) is 2. The van der Waals surface area contributed by atoms with Gasteiger partial charge >= 0.3 is 6.18 Å². The molecule has 0 atom stereocenters. The van der Waals surface area contributed by atoms with Gasteiger partial charge in [0, 0.05) is 21.2 Å². The summed E-state index contributed by atoms with van der Waals surface area (Å²) in [5.74, 6) is -1.60. The summed E-state index contributed by atoms with van der Waals surface area (Å²) in [6.07, 6.45) is -4.34. The van der Waals surface area contributed by atoms with E-state index < -0.39 is 23.4 Å². The van der Waals surface area contributed by atoms with E-state index in [1.165, 1.54) is 30.3 Å². The first-order valence-corrected chi connectivity index (χ1v) is 7.53. The summed E-state index contributed by atoms with van der Waals surface area (Å²) >= 11 is 11.5. The van der Waals surface area contributed by atoms with Crippen LogP contribution >= 0.6 is 23.2 Å². The highest BCUT2D eigenvalue weighted by Gasteiger charge is 2.35. The lowest BCUT2D eigenvalue weighted by Crippen LogP contribution is -2.13. The number of allylic oxidation sites excluding steroid dienone is 2. The maximum Gasteiger partial charge on any atom is 0.417 e. The van der Waals surface area contributed by atoms with E-state index in [1.54, 1.807) is 0 Å². The first kappa shape index (κ1) is 19.0. The predicted molar refractivity (Wildman–Crippen MR) is 89.8 cm³/mol. The van der Waals surface area contributed by atoms with Crippen molar-refractivity contribution in [2.24, 2.45) is 5.73 Å². The third kappa shape index (κ3) is 4.84. The van der Waals surface area contributed by atoms with Gasteiger partial charge in [0.05, 0.1) is 5.57 Å². The molecule has 3 nitrogen and oxygen atoms in total. The Labute approximate surface area is 150 Å². The molecule has 0 unspecified atom stereocenters. The smallest absolute Gasteiger partial charge is 0.366 e. The molecule has 8 heteroatoms. The van der Waals surface area contributed by atoms with Gasteiger partial charge in [0.2, 0.25) is 5.91 Å². The summed E-state index contributed by atoms with van der Waals surface area (Å²) in [7, 11) is 0. The first-order chi connectivity index (χ1) is 11.6.